The molecule has 0 rings (SSSR count). The molecule has 0 unspecified atom stereocenters. The monoisotopic (exact) mass is 456 g/mol. The number of rotatable bonds is 15. The molecule has 188 valence electrons. The van der Waals surface area contributed by atoms with Crippen LogP contribution in [-0.4, -0.2) is 67.6 Å². The van der Waals surface area contributed by atoms with Crippen molar-refractivity contribution in [1.29, 1.82) is 0 Å². The Morgan fingerprint density at radius 2 is 1.16 bits per heavy atom. The number of carbonyl (C=O) groups excluding carboxylic acids is 2. The quantitative estimate of drug-likeness (QED) is 0.196. The van der Waals surface area contributed by atoms with Gasteiger partial charge in [-0.2, -0.15) is 0 Å². The largest absolute Gasteiger partial charge is 0.444 e. The fraction of sp³-hybridized carbons (Fsp3) is 0.840. The number of carbonyl (C=O) groups is 2. The number of alkyl carbamates (subject to hydrolysis) is 2. The number of amides is 2. The zero-order valence-electron chi connectivity index (χ0n) is 21.8. The van der Waals surface area contributed by atoms with E-state index in [4.69, 9.17) is 9.47 Å². The van der Waals surface area contributed by atoms with Crippen molar-refractivity contribution >= 4 is 12.2 Å². The number of nitrogens with one attached hydrogen (secondary N) is 2. The summed E-state index contributed by atoms with van der Waals surface area (Å²) in [6, 6.07) is 0. The summed E-state index contributed by atoms with van der Waals surface area (Å²) in [5.41, 5.74) is -0.969. The standard InChI is InChI=1S/C25H49N3O4/c1-9-10-11-12-13-14-19-28(8,20-15-17-26-22(29)31-24(2,3)4)21-16-18-27-23(30)32-25(5,6)7/h9H,1,10-21H2,2-8H3,(H-,26,27,29,30)/p+1. The second kappa shape index (κ2) is 15.1. The lowest BCUT2D eigenvalue weighted by atomic mass is 10.1. The summed E-state index contributed by atoms with van der Waals surface area (Å²) >= 11 is 0. The van der Waals surface area contributed by atoms with Gasteiger partial charge in [-0.3, -0.25) is 0 Å². The molecular formula is C25H50N3O4+. The van der Waals surface area contributed by atoms with Gasteiger partial charge in [0.2, 0.25) is 0 Å². The smallest absolute Gasteiger partial charge is 0.407 e. The molecule has 0 bridgehead atoms. The number of hydrogen-bond acceptors (Lipinski definition) is 4. The summed E-state index contributed by atoms with van der Waals surface area (Å²) in [4.78, 5) is 23.7. The van der Waals surface area contributed by atoms with Crippen molar-refractivity contribution in [1.82, 2.24) is 10.6 Å². The Labute approximate surface area is 196 Å². The van der Waals surface area contributed by atoms with Gasteiger partial charge >= 0.3 is 12.2 Å². The first-order valence-corrected chi connectivity index (χ1v) is 12.1. The number of allylic oxidation sites excluding steroid dienone is 1. The maximum Gasteiger partial charge on any atom is 0.407 e. The fourth-order valence-electron chi connectivity index (χ4n) is 3.40. The van der Waals surface area contributed by atoms with Crippen LogP contribution in [0.25, 0.3) is 0 Å². The highest BCUT2D eigenvalue weighted by Gasteiger charge is 2.22. The van der Waals surface area contributed by atoms with Gasteiger partial charge in [0.1, 0.15) is 11.2 Å². The van der Waals surface area contributed by atoms with E-state index < -0.39 is 11.2 Å². The molecule has 0 aromatic heterocycles. The van der Waals surface area contributed by atoms with Crippen LogP contribution in [0.5, 0.6) is 0 Å². The summed E-state index contributed by atoms with van der Waals surface area (Å²) < 4.78 is 11.5. The van der Waals surface area contributed by atoms with Crippen molar-refractivity contribution in [3.63, 3.8) is 0 Å². The summed E-state index contributed by atoms with van der Waals surface area (Å²) in [5.74, 6) is 0. The Bertz CT molecular complexity index is 514. The van der Waals surface area contributed by atoms with Gasteiger partial charge in [0, 0.05) is 25.9 Å². The Kier molecular flexibility index (Phi) is 14.3. The molecule has 0 saturated heterocycles. The molecule has 0 saturated carbocycles. The molecule has 7 heteroatoms. The van der Waals surface area contributed by atoms with Crippen molar-refractivity contribution in [2.24, 2.45) is 0 Å². The van der Waals surface area contributed by atoms with Crippen molar-refractivity contribution in [3.8, 4) is 0 Å². The van der Waals surface area contributed by atoms with Crippen LogP contribution in [-0.2, 0) is 9.47 Å². The molecule has 0 heterocycles. The lowest BCUT2D eigenvalue weighted by Crippen LogP contribution is -2.48. The first-order valence-electron chi connectivity index (χ1n) is 12.1. The van der Waals surface area contributed by atoms with Gasteiger partial charge in [-0.15, -0.1) is 6.58 Å². The molecule has 0 aliphatic rings. The van der Waals surface area contributed by atoms with E-state index in [-0.39, 0.29) is 12.2 Å². The Morgan fingerprint density at radius 1 is 0.750 bits per heavy atom. The maximum atomic E-state index is 11.9. The minimum Gasteiger partial charge on any atom is -0.444 e. The van der Waals surface area contributed by atoms with Gasteiger partial charge in [0.25, 0.3) is 0 Å². The second-order valence-corrected chi connectivity index (χ2v) is 10.8. The molecule has 2 amide bonds. The minimum absolute atomic E-state index is 0.365. The number of nitrogens with zero attached hydrogens (tertiary/aromatic N) is 1. The molecule has 7 nitrogen and oxygen atoms in total. The predicted molar refractivity (Wildman–Crippen MR) is 132 cm³/mol. The SMILES string of the molecule is C=CCCCCCC[N+](C)(CCCNC(=O)OC(C)(C)C)CCCNC(=O)OC(C)(C)C. The van der Waals surface area contributed by atoms with Crippen molar-refractivity contribution < 1.29 is 23.5 Å². The van der Waals surface area contributed by atoms with Gasteiger partial charge in [-0.1, -0.05) is 12.5 Å². The summed E-state index contributed by atoms with van der Waals surface area (Å²) in [6.07, 6.45) is 8.91. The van der Waals surface area contributed by atoms with Gasteiger partial charge in [0.05, 0.1) is 26.7 Å². The molecule has 0 aliphatic heterocycles. The number of hydrogen-bond donors (Lipinski definition) is 2. The number of quaternary nitrogens is 1. The van der Waals surface area contributed by atoms with Crippen LogP contribution in [0.4, 0.5) is 9.59 Å². The first kappa shape index (κ1) is 30.2. The maximum absolute atomic E-state index is 11.9. The van der Waals surface area contributed by atoms with Crippen molar-refractivity contribution in [3.05, 3.63) is 12.7 Å². The predicted octanol–water partition coefficient (Wildman–Crippen LogP) is 5.40. The highest BCUT2D eigenvalue weighted by Crippen LogP contribution is 2.12. The normalized spacial score (nSPS) is 12.2. The first-order chi connectivity index (χ1) is 14.8. The number of ether oxygens (including phenoxy) is 2. The Morgan fingerprint density at radius 3 is 1.56 bits per heavy atom. The van der Waals surface area contributed by atoms with E-state index in [1.807, 2.05) is 47.6 Å². The third-order valence-electron chi connectivity index (χ3n) is 4.94. The van der Waals surface area contributed by atoms with E-state index in [1.54, 1.807) is 0 Å². The average molecular weight is 457 g/mol. The van der Waals surface area contributed by atoms with Crippen LogP contribution in [0.1, 0.15) is 86.5 Å². The third-order valence-corrected chi connectivity index (χ3v) is 4.94. The van der Waals surface area contributed by atoms with E-state index in [0.717, 1.165) is 43.4 Å². The Balaban J connectivity index is 4.47. The summed E-state index contributed by atoms with van der Waals surface area (Å²) in [5, 5.41) is 5.70. The molecular weight excluding hydrogens is 406 g/mol. The van der Waals surface area contributed by atoms with E-state index in [2.05, 4.69) is 24.3 Å². The van der Waals surface area contributed by atoms with E-state index >= 15 is 0 Å². The van der Waals surface area contributed by atoms with Crippen LogP contribution in [0, 0.1) is 0 Å². The van der Waals surface area contributed by atoms with Crippen LogP contribution in [0.15, 0.2) is 12.7 Å². The van der Waals surface area contributed by atoms with Crippen LogP contribution >= 0.6 is 0 Å². The number of unbranched alkanes of at least 4 members (excludes halogenated alkanes) is 4. The topological polar surface area (TPSA) is 76.7 Å². The highest BCUT2D eigenvalue weighted by atomic mass is 16.6. The van der Waals surface area contributed by atoms with Gasteiger partial charge in [-0.05, 0) is 67.2 Å². The molecule has 0 spiro atoms. The zero-order chi connectivity index (χ0) is 24.7. The van der Waals surface area contributed by atoms with Crippen molar-refractivity contribution in [2.45, 2.75) is 97.7 Å². The highest BCUT2D eigenvalue weighted by molar-refractivity contribution is 5.67. The molecule has 32 heavy (non-hydrogen) atoms. The molecule has 0 atom stereocenters. The molecule has 0 aliphatic carbocycles. The van der Waals surface area contributed by atoms with E-state index in [9.17, 15) is 9.59 Å². The molecule has 0 fully saturated rings. The Hall–Kier alpha value is -1.76. The van der Waals surface area contributed by atoms with Gasteiger partial charge in [0.15, 0.2) is 0 Å². The average Bonchev–Trinajstić information content (AvgIpc) is 2.63. The van der Waals surface area contributed by atoms with Gasteiger partial charge in [-0.25, -0.2) is 9.59 Å². The van der Waals surface area contributed by atoms with E-state index in [1.165, 1.54) is 25.7 Å². The molecule has 0 aromatic rings. The fourth-order valence-corrected chi connectivity index (χ4v) is 3.40. The summed E-state index contributed by atoms with van der Waals surface area (Å²) in [6.45, 7) is 19.2. The molecule has 0 radical (unpaired) electrons. The van der Waals surface area contributed by atoms with Gasteiger partial charge < -0.3 is 24.6 Å². The molecule has 0 aromatic carbocycles. The lowest BCUT2D eigenvalue weighted by molar-refractivity contribution is -0.910. The van der Waals surface area contributed by atoms with Crippen LogP contribution in [0.2, 0.25) is 0 Å². The van der Waals surface area contributed by atoms with Crippen LogP contribution in [0.3, 0.4) is 0 Å². The van der Waals surface area contributed by atoms with Crippen molar-refractivity contribution in [2.75, 3.05) is 39.8 Å². The minimum atomic E-state index is -0.485. The second-order valence-electron chi connectivity index (χ2n) is 10.8. The zero-order valence-corrected chi connectivity index (χ0v) is 21.8. The van der Waals surface area contributed by atoms with E-state index in [0.29, 0.717) is 13.1 Å². The lowest BCUT2D eigenvalue weighted by Gasteiger charge is -2.35. The van der Waals surface area contributed by atoms with Crippen LogP contribution < -0.4 is 10.6 Å². The summed E-state index contributed by atoms with van der Waals surface area (Å²) in [7, 11) is 2.27. The third kappa shape index (κ3) is 19.0. The molecule has 2 N–H and O–H groups in total.